The van der Waals surface area contributed by atoms with Gasteiger partial charge in [-0.25, -0.2) is 0 Å². The molecule has 1 fully saturated rings. The molecule has 0 heterocycles. The number of nitrogens with one attached hydrogen (secondary N) is 1. The van der Waals surface area contributed by atoms with Crippen molar-refractivity contribution in [3.05, 3.63) is 29.8 Å². The number of hydrogen-bond donors (Lipinski definition) is 1. The SMILES string of the molecule is COc1ccc(CC(C)NC(C)C2CCC2)cc1. The number of hydrogen-bond acceptors (Lipinski definition) is 2. The predicted octanol–water partition coefficient (Wildman–Crippen LogP) is 3.40. The number of methoxy groups -OCH3 is 1. The van der Waals surface area contributed by atoms with Crippen molar-refractivity contribution in [2.45, 2.75) is 51.6 Å². The topological polar surface area (TPSA) is 21.3 Å². The lowest BCUT2D eigenvalue weighted by molar-refractivity contribution is 0.229. The van der Waals surface area contributed by atoms with Gasteiger partial charge in [-0.05, 0) is 56.7 Å². The summed E-state index contributed by atoms with van der Waals surface area (Å²) in [6, 6.07) is 9.59. The first-order valence-corrected chi connectivity index (χ1v) is 7.08. The molecule has 18 heavy (non-hydrogen) atoms. The lowest BCUT2D eigenvalue weighted by Crippen LogP contribution is -2.42. The molecule has 0 aromatic heterocycles. The summed E-state index contributed by atoms with van der Waals surface area (Å²) in [4.78, 5) is 0. The van der Waals surface area contributed by atoms with Gasteiger partial charge in [-0.15, -0.1) is 0 Å². The molecule has 0 spiro atoms. The van der Waals surface area contributed by atoms with Crippen molar-refractivity contribution in [1.82, 2.24) is 5.32 Å². The average Bonchev–Trinajstić information content (AvgIpc) is 2.27. The van der Waals surface area contributed by atoms with Crippen LogP contribution in [0.25, 0.3) is 0 Å². The summed E-state index contributed by atoms with van der Waals surface area (Å²) < 4.78 is 5.18. The Morgan fingerprint density at radius 3 is 2.39 bits per heavy atom. The van der Waals surface area contributed by atoms with Crippen molar-refractivity contribution in [3.63, 3.8) is 0 Å². The van der Waals surface area contributed by atoms with Gasteiger partial charge in [0.2, 0.25) is 0 Å². The Morgan fingerprint density at radius 2 is 1.89 bits per heavy atom. The Bertz CT molecular complexity index is 356. The minimum absolute atomic E-state index is 0.536. The summed E-state index contributed by atoms with van der Waals surface area (Å²) in [7, 11) is 1.71. The maximum absolute atomic E-state index is 5.18. The average molecular weight is 247 g/mol. The molecule has 0 bridgehead atoms. The quantitative estimate of drug-likeness (QED) is 0.832. The Balaban J connectivity index is 1.80. The monoisotopic (exact) mass is 247 g/mol. The molecule has 1 aromatic rings. The van der Waals surface area contributed by atoms with Crippen LogP contribution in [0.3, 0.4) is 0 Å². The standard InChI is InChI=1S/C16H25NO/c1-12(17-13(2)15-5-4-6-15)11-14-7-9-16(18-3)10-8-14/h7-10,12-13,15,17H,4-6,11H2,1-3H3. The third-order valence-corrected chi connectivity index (χ3v) is 4.11. The first-order valence-electron chi connectivity index (χ1n) is 7.08. The van der Waals surface area contributed by atoms with Crippen molar-refractivity contribution in [3.8, 4) is 5.75 Å². The molecule has 1 aromatic carbocycles. The van der Waals surface area contributed by atoms with E-state index in [0.717, 1.165) is 18.1 Å². The zero-order valence-corrected chi connectivity index (χ0v) is 11.8. The number of ether oxygens (including phenoxy) is 1. The second kappa shape index (κ2) is 6.24. The van der Waals surface area contributed by atoms with Crippen molar-refractivity contribution in [1.29, 1.82) is 0 Å². The molecule has 1 saturated carbocycles. The third-order valence-electron chi connectivity index (χ3n) is 4.11. The second-order valence-corrected chi connectivity index (χ2v) is 5.60. The predicted molar refractivity (Wildman–Crippen MR) is 76.1 cm³/mol. The van der Waals surface area contributed by atoms with Crippen LogP contribution in [-0.2, 0) is 6.42 Å². The fourth-order valence-corrected chi connectivity index (χ4v) is 2.70. The van der Waals surface area contributed by atoms with Crippen LogP contribution in [0, 0.1) is 5.92 Å². The lowest BCUT2D eigenvalue weighted by Gasteiger charge is -2.34. The van der Waals surface area contributed by atoms with Gasteiger partial charge in [0.1, 0.15) is 5.75 Å². The van der Waals surface area contributed by atoms with E-state index in [0.29, 0.717) is 12.1 Å². The van der Waals surface area contributed by atoms with Gasteiger partial charge < -0.3 is 10.1 Å². The van der Waals surface area contributed by atoms with Crippen LogP contribution in [0.2, 0.25) is 0 Å². The molecule has 0 radical (unpaired) electrons. The molecule has 0 amide bonds. The highest BCUT2D eigenvalue weighted by molar-refractivity contribution is 5.27. The highest BCUT2D eigenvalue weighted by Crippen LogP contribution is 2.29. The van der Waals surface area contributed by atoms with Crippen LogP contribution in [0.15, 0.2) is 24.3 Å². The maximum atomic E-state index is 5.18. The zero-order chi connectivity index (χ0) is 13.0. The Kier molecular flexibility index (Phi) is 4.65. The molecule has 0 aliphatic heterocycles. The van der Waals surface area contributed by atoms with Gasteiger partial charge in [-0.3, -0.25) is 0 Å². The Morgan fingerprint density at radius 1 is 1.22 bits per heavy atom. The zero-order valence-electron chi connectivity index (χ0n) is 11.8. The summed E-state index contributed by atoms with van der Waals surface area (Å²) in [5.74, 6) is 1.84. The van der Waals surface area contributed by atoms with Crippen LogP contribution >= 0.6 is 0 Å². The van der Waals surface area contributed by atoms with Gasteiger partial charge in [0.05, 0.1) is 7.11 Å². The van der Waals surface area contributed by atoms with Gasteiger partial charge in [0, 0.05) is 12.1 Å². The van der Waals surface area contributed by atoms with Crippen LogP contribution in [0.1, 0.15) is 38.7 Å². The molecule has 2 heteroatoms. The van der Waals surface area contributed by atoms with Gasteiger partial charge in [-0.2, -0.15) is 0 Å². The minimum Gasteiger partial charge on any atom is -0.497 e. The van der Waals surface area contributed by atoms with Gasteiger partial charge in [-0.1, -0.05) is 18.6 Å². The largest absolute Gasteiger partial charge is 0.497 e. The maximum Gasteiger partial charge on any atom is 0.118 e. The Labute approximate surface area is 111 Å². The van der Waals surface area contributed by atoms with Crippen LogP contribution in [-0.4, -0.2) is 19.2 Å². The Hall–Kier alpha value is -1.02. The lowest BCUT2D eigenvalue weighted by atomic mass is 9.80. The molecule has 100 valence electrons. The van der Waals surface area contributed by atoms with E-state index in [9.17, 15) is 0 Å². The molecule has 2 nitrogen and oxygen atoms in total. The molecule has 0 saturated heterocycles. The van der Waals surface area contributed by atoms with Crippen LogP contribution in [0.5, 0.6) is 5.75 Å². The van der Waals surface area contributed by atoms with Gasteiger partial charge in [0.15, 0.2) is 0 Å². The van der Waals surface area contributed by atoms with E-state index in [-0.39, 0.29) is 0 Å². The molecule has 2 atom stereocenters. The molecule has 2 rings (SSSR count). The van der Waals surface area contributed by atoms with E-state index in [1.54, 1.807) is 7.11 Å². The van der Waals surface area contributed by atoms with Crippen molar-refractivity contribution in [2.75, 3.05) is 7.11 Å². The van der Waals surface area contributed by atoms with Crippen molar-refractivity contribution >= 4 is 0 Å². The fraction of sp³-hybridized carbons (Fsp3) is 0.625. The van der Waals surface area contributed by atoms with Crippen molar-refractivity contribution in [2.24, 2.45) is 5.92 Å². The van der Waals surface area contributed by atoms with E-state index in [1.807, 2.05) is 12.1 Å². The first-order chi connectivity index (χ1) is 8.69. The van der Waals surface area contributed by atoms with E-state index < -0.39 is 0 Å². The summed E-state index contributed by atoms with van der Waals surface area (Å²) in [6.07, 6.45) is 5.32. The van der Waals surface area contributed by atoms with Crippen LogP contribution in [0.4, 0.5) is 0 Å². The normalized spacial score (nSPS) is 19.1. The first kappa shape index (κ1) is 13.4. The fourth-order valence-electron chi connectivity index (χ4n) is 2.70. The summed E-state index contributed by atoms with van der Waals surface area (Å²) in [5.41, 5.74) is 1.37. The number of benzene rings is 1. The van der Waals surface area contributed by atoms with E-state index in [1.165, 1.54) is 24.8 Å². The van der Waals surface area contributed by atoms with E-state index in [4.69, 9.17) is 4.74 Å². The van der Waals surface area contributed by atoms with Gasteiger partial charge >= 0.3 is 0 Å². The van der Waals surface area contributed by atoms with Crippen LogP contribution < -0.4 is 10.1 Å². The molecular formula is C16H25NO. The molecule has 1 aliphatic carbocycles. The second-order valence-electron chi connectivity index (χ2n) is 5.60. The highest BCUT2D eigenvalue weighted by Gasteiger charge is 2.24. The molecular weight excluding hydrogens is 222 g/mol. The van der Waals surface area contributed by atoms with Gasteiger partial charge in [0.25, 0.3) is 0 Å². The minimum atomic E-state index is 0.536. The third kappa shape index (κ3) is 3.49. The summed E-state index contributed by atoms with van der Waals surface area (Å²) in [6.45, 7) is 4.60. The van der Waals surface area contributed by atoms with E-state index >= 15 is 0 Å². The molecule has 2 unspecified atom stereocenters. The number of rotatable bonds is 6. The smallest absolute Gasteiger partial charge is 0.118 e. The van der Waals surface area contributed by atoms with Crippen molar-refractivity contribution < 1.29 is 4.74 Å². The highest BCUT2D eigenvalue weighted by atomic mass is 16.5. The molecule has 1 aliphatic rings. The van der Waals surface area contributed by atoms with E-state index in [2.05, 4.69) is 31.3 Å². The molecule has 1 N–H and O–H groups in total. The summed E-state index contributed by atoms with van der Waals surface area (Å²) in [5, 5.41) is 3.73. The summed E-state index contributed by atoms with van der Waals surface area (Å²) >= 11 is 0.